The third kappa shape index (κ3) is 1.83. The van der Waals surface area contributed by atoms with E-state index in [9.17, 15) is 4.79 Å². The minimum Gasteiger partial charge on any atom is -0.319 e. The summed E-state index contributed by atoms with van der Waals surface area (Å²) < 4.78 is 0. The minimum atomic E-state index is -0.529. The second kappa shape index (κ2) is 4.14. The molecular weight excluding hydrogens is 210 g/mol. The van der Waals surface area contributed by atoms with Crippen molar-refractivity contribution in [3.8, 4) is 6.07 Å². The Bertz CT molecular complexity index is 541. The topological polar surface area (TPSA) is 120 Å². The van der Waals surface area contributed by atoms with Gasteiger partial charge in [0.1, 0.15) is 6.07 Å². The molecule has 0 saturated carbocycles. The fourth-order valence-corrected chi connectivity index (χ4v) is 1.02. The van der Waals surface area contributed by atoms with E-state index in [1.165, 1.54) is 12.4 Å². The van der Waals surface area contributed by atoms with Crippen LogP contribution in [0.15, 0.2) is 18.5 Å². The lowest BCUT2D eigenvalue weighted by atomic mass is 10.3. The van der Waals surface area contributed by atoms with E-state index in [1.807, 2.05) is 0 Å². The number of nitriles is 1. The molecule has 0 saturated heterocycles. The van der Waals surface area contributed by atoms with Gasteiger partial charge in [-0.2, -0.15) is 20.7 Å². The lowest BCUT2D eigenvalue weighted by molar-refractivity contribution is 0.102. The largest absolute Gasteiger partial charge is 0.319 e. The molecule has 2 aromatic rings. The van der Waals surface area contributed by atoms with Gasteiger partial charge in [0.05, 0.1) is 18.1 Å². The first-order valence-electron chi connectivity index (χ1n) is 4.20. The Morgan fingerprint density at radius 2 is 2.31 bits per heavy atom. The maximum atomic E-state index is 11.6. The molecule has 0 radical (unpaired) electrons. The van der Waals surface area contributed by atoms with Gasteiger partial charge in [0.15, 0.2) is 11.4 Å². The van der Waals surface area contributed by atoms with Gasteiger partial charge in [-0.25, -0.2) is 0 Å². The van der Waals surface area contributed by atoms with Crippen LogP contribution in [0.5, 0.6) is 0 Å². The summed E-state index contributed by atoms with van der Waals surface area (Å²) in [5, 5.41) is 27.6. The van der Waals surface area contributed by atoms with Crippen molar-refractivity contribution < 1.29 is 4.79 Å². The molecule has 0 unspecified atom stereocenters. The van der Waals surface area contributed by atoms with E-state index in [0.717, 1.165) is 0 Å². The molecule has 0 atom stereocenters. The maximum Gasteiger partial charge on any atom is 0.279 e. The van der Waals surface area contributed by atoms with E-state index in [4.69, 9.17) is 5.26 Å². The Morgan fingerprint density at radius 3 is 3.00 bits per heavy atom. The summed E-state index contributed by atoms with van der Waals surface area (Å²) in [7, 11) is 0. The Kier molecular flexibility index (Phi) is 2.52. The van der Waals surface area contributed by atoms with Crippen LogP contribution in [0.1, 0.15) is 16.2 Å². The number of nitrogens with one attached hydrogen (secondary N) is 2. The number of carbonyl (C=O) groups is 1. The molecule has 16 heavy (non-hydrogen) atoms. The number of aromatic nitrogens is 5. The SMILES string of the molecule is N#Cc1n[nH]nc1C(=O)Nc1ccnnc1. The third-order valence-electron chi connectivity index (χ3n) is 1.71. The zero-order valence-corrected chi connectivity index (χ0v) is 7.88. The molecule has 2 heterocycles. The number of amides is 1. The van der Waals surface area contributed by atoms with Crippen molar-refractivity contribution in [3.05, 3.63) is 29.8 Å². The molecule has 1 amide bonds. The normalized spacial score (nSPS) is 9.44. The predicted octanol–water partition coefficient (Wildman–Crippen LogP) is -0.281. The monoisotopic (exact) mass is 215 g/mol. The molecule has 2 N–H and O–H groups in total. The second-order valence-corrected chi connectivity index (χ2v) is 2.72. The minimum absolute atomic E-state index is 0.0560. The van der Waals surface area contributed by atoms with Crippen molar-refractivity contribution in [1.82, 2.24) is 25.6 Å². The van der Waals surface area contributed by atoms with Gasteiger partial charge in [0.2, 0.25) is 0 Å². The highest BCUT2D eigenvalue weighted by Crippen LogP contribution is 2.06. The fraction of sp³-hybridized carbons (Fsp3) is 0. The summed E-state index contributed by atoms with van der Waals surface area (Å²) >= 11 is 0. The quantitative estimate of drug-likeness (QED) is 0.710. The second-order valence-electron chi connectivity index (χ2n) is 2.72. The van der Waals surface area contributed by atoms with Gasteiger partial charge < -0.3 is 5.32 Å². The Labute approximate surface area is 89.3 Å². The van der Waals surface area contributed by atoms with E-state index in [0.29, 0.717) is 5.69 Å². The van der Waals surface area contributed by atoms with Gasteiger partial charge >= 0.3 is 0 Å². The Balaban J connectivity index is 2.19. The van der Waals surface area contributed by atoms with Gasteiger partial charge in [-0.3, -0.25) is 4.79 Å². The van der Waals surface area contributed by atoms with Crippen LogP contribution in [0.2, 0.25) is 0 Å². The van der Waals surface area contributed by atoms with Crippen molar-refractivity contribution in [3.63, 3.8) is 0 Å². The zero-order valence-electron chi connectivity index (χ0n) is 7.88. The van der Waals surface area contributed by atoms with Crippen LogP contribution in [0.25, 0.3) is 0 Å². The summed E-state index contributed by atoms with van der Waals surface area (Å²) in [5.74, 6) is -0.529. The molecule has 0 aromatic carbocycles. The molecule has 0 aliphatic rings. The van der Waals surface area contributed by atoms with E-state index in [-0.39, 0.29) is 11.4 Å². The molecule has 0 bridgehead atoms. The van der Waals surface area contributed by atoms with Crippen molar-refractivity contribution in [2.75, 3.05) is 5.32 Å². The first-order valence-corrected chi connectivity index (χ1v) is 4.20. The van der Waals surface area contributed by atoms with E-state index in [1.54, 1.807) is 12.1 Å². The first kappa shape index (κ1) is 9.72. The van der Waals surface area contributed by atoms with Crippen LogP contribution in [-0.2, 0) is 0 Å². The summed E-state index contributed by atoms with van der Waals surface area (Å²) in [6, 6.07) is 3.32. The molecule has 8 heteroatoms. The van der Waals surface area contributed by atoms with Crippen molar-refractivity contribution in [2.45, 2.75) is 0 Å². The smallest absolute Gasteiger partial charge is 0.279 e. The van der Waals surface area contributed by atoms with Crippen LogP contribution < -0.4 is 5.32 Å². The lowest BCUT2D eigenvalue weighted by Gasteiger charge is -2.00. The highest BCUT2D eigenvalue weighted by atomic mass is 16.2. The van der Waals surface area contributed by atoms with Gasteiger partial charge in [0, 0.05) is 0 Å². The van der Waals surface area contributed by atoms with E-state index in [2.05, 4.69) is 30.9 Å². The fourth-order valence-electron chi connectivity index (χ4n) is 1.02. The molecule has 8 nitrogen and oxygen atoms in total. The Morgan fingerprint density at radius 1 is 1.44 bits per heavy atom. The molecule has 2 rings (SSSR count). The van der Waals surface area contributed by atoms with Gasteiger partial charge in [-0.15, -0.1) is 10.2 Å². The van der Waals surface area contributed by atoms with Gasteiger partial charge in [-0.05, 0) is 6.07 Å². The van der Waals surface area contributed by atoms with Crippen molar-refractivity contribution in [2.24, 2.45) is 0 Å². The first-order chi connectivity index (χ1) is 7.81. The standard InChI is InChI=1S/C8H5N7O/c9-3-6-7(14-15-13-6)8(16)12-5-1-2-10-11-4-5/h1-2,4H,(H,10,12,16)(H,13,14,15). The highest BCUT2D eigenvalue weighted by molar-refractivity contribution is 6.03. The lowest BCUT2D eigenvalue weighted by Crippen LogP contribution is -2.14. The average molecular weight is 215 g/mol. The van der Waals surface area contributed by atoms with Crippen molar-refractivity contribution >= 4 is 11.6 Å². The number of aromatic amines is 1. The summed E-state index contributed by atoms with van der Waals surface area (Å²) in [6.07, 6.45) is 2.81. The number of nitrogens with zero attached hydrogens (tertiary/aromatic N) is 5. The molecule has 0 fully saturated rings. The summed E-state index contributed by atoms with van der Waals surface area (Å²) in [6.45, 7) is 0. The average Bonchev–Trinajstić information content (AvgIpc) is 2.78. The molecule has 0 aliphatic carbocycles. The zero-order chi connectivity index (χ0) is 11.4. The Hall–Kier alpha value is -2.82. The van der Waals surface area contributed by atoms with E-state index >= 15 is 0 Å². The molecule has 0 spiro atoms. The summed E-state index contributed by atoms with van der Waals surface area (Å²) in [4.78, 5) is 11.6. The predicted molar refractivity (Wildman–Crippen MR) is 51.1 cm³/mol. The number of H-pyrrole nitrogens is 1. The number of anilines is 1. The van der Waals surface area contributed by atoms with Crippen LogP contribution in [0.4, 0.5) is 5.69 Å². The maximum absolute atomic E-state index is 11.6. The van der Waals surface area contributed by atoms with Crippen LogP contribution in [0, 0.1) is 11.3 Å². The summed E-state index contributed by atoms with van der Waals surface area (Å²) in [5.41, 5.74) is 0.353. The van der Waals surface area contributed by atoms with Crippen LogP contribution in [-0.4, -0.2) is 31.5 Å². The molecule has 78 valence electrons. The molecular formula is C8H5N7O. The van der Waals surface area contributed by atoms with Gasteiger partial charge in [-0.1, -0.05) is 0 Å². The molecule has 2 aromatic heterocycles. The number of hydrogen-bond donors (Lipinski definition) is 2. The van der Waals surface area contributed by atoms with Crippen LogP contribution >= 0.6 is 0 Å². The number of carbonyl (C=O) groups excluding carboxylic acids is 1. The van der Waals surface area contributed by atoms with Crippen molar-refractivity contribution in [1.29, 1.82) is 5.26 Å². The number of hydrogen-bond acceptors (Lipinski definition) is 6. The van der Waals surface area contributed by atoms with Crippen LogP contribution in [0.3, 0.4) is 0 Å². The third-order valence-corrected chi connectivity index (χ3v) is 1.71. The van der Waals surface area contributed by atoms with E-state index < -0.39 is 5.91 Å². The highest BCUT2D eigenvalue weighted by Gasteiger charge is 2.16. The number of rotatable bonds is 2. The van der Waals surface area contributed by atoms with Gasteiger partial charge in [0.25, 0.3) is 5.91 Å². The molecule has 0 aliphatic heterocycles.